The fourth-order valence-corrected chi connectivity index (χ4v) is 5.09. The average molecular weight is 511 g/mol. The van der Waals surface area contributed by atoms with Crippen molar-refractivity contribution < 1.29 is 22.7 Å². The normalized spacial score (nSPS) is 16.8. The lowest BCUT2D eigenvalue weighted by Crippen LogP contribution is -2.45. The Morgan fingerprint density at radius 3 is 2.35 bits per heavy atom. The Labute approximate surface area is 213 Å². The first-order valence-electron chi connectivity index (χ1n) is 12.5. The van der Waals surface area contributed by atoms with Crippen molar-refractivity contribution in [3.8, 4) is 16.9 Å². The molecule has 2 fully saturated rings. The summed E-state index contributed by atoms with van der Waals surface area (Å²) in [5.74, 6) is -3.83. The zero-order valence-electron chi connectivity index (χ0n) is 20.4. The van der Waals surface area contributed by atoms with Crippen LogP contribution in [0.1, 0.15) is 41.6 Å². The highest BCUT2D eigenvalue weighted by Crippen LogP contribution is 2.29. The molecule has 2 aromatic carbocycles. The van der Waals surface area contributed by atoms with Gasteiger partial charge in [0.25, 0.3) is 5.91 Å². The third-order valence-electron chi connectivity index (χ3n) is 7.25. The summed E-state index contributed by atoms with van der Waals surface area (Å²) in [6, 6.07) is 11.4. The van der Waals surface area contributed by atoms with E-state index in [0.29, 0.717) is 17.2 Å². The number of hydrogen-bond donors (Lipinski definition) is 1. The maximum atomic E-state index is 14.0. The molecule has 1 amide bonds. The van der Waals surface area contributed by atoms with Crippen LogP contribution < -0.4 is 10.5 Å². The molecule has 5 rings (SSSR count). The molecule has 0 bridgehead atoms. The number of rotatable bonds is 6. The number of anilines is 1. The van der Waals surface area contributed by atoms with Crippen molar-refractivity contribution in [3.63, 3.8) is 0 Å². The highest BCUT2D eigenvalue weighted by molar-refractivity contribution is 5.94. The molecule has 2 aliphatic heterocycles. The number of ether oxygens (including phenoxy) is 1. The SMILES string of the molecule is Nc1ncc(-c2ccc(C(=O)N3CCC(N4CCCC4)CC3)cc2)cc1OCc1ccc(F)c(F)c1F. The largest absolute Gasteiger partial charge is 0.485 e. The third kappa shape index (κ3) is 5.41. The first kappa shape index (κ1) is 25.1. The van der Waals surface area contributed by atoms with Crippen molar-refractivity contribution in [2.45, 2.75) is 38.3 Å². The summed E-state index contributed by atoms with van der Waals surface area (Å²) in [4.78, 5) is 21.7. The molecular weight excluding hydrogens is 481 g/mol. The second kappa shape index (κ2) is 10.8. The van der Waals surface area contributed by atoms with Gasteiger partial charge in [-0.1, -0.05) is 12.1 Å². The van der Waals surface area contributed by atoms with Crippen LogP contribution in [0.15, 0.2) is 48.7 Å². The summed E-state index contributed by atoms with van der Waals surface area (Å²) >= 11 is 0. The molecule has 0 spiro atoms. The molecule has 0 saturated carbocycles. The molecule has 194 valence electrons. The van der Waals surface area contributed by atoms with Crippen LogP contribution in [0.4, 0.5) is 19.0 Å². The van der Waals surface area contributed by atoms with E-state index in [1.165, 1.54) is 25.9 Å². The van der Waals surface area contributed by atoms with Crippen LogP contribution in [0.5, 0.6) is 5.75 Å². The van der Waals surface area contributed by atoms with Gasteiger partial charge in [0.2, 0.25) is 0 Å². The number of benzene rings is 2. The van der Waals surface area contributed by atoms with E-state index in [1.807, 2.05) is 17.0 Å². The molecule has 0 atom stereocenters. The molecule has 0 aliphatic carbocycles. The number of nitrogen functional groups attached to an aromatic ring is 1. The van der Waals surface area contributed by atoms with E-state index in [0.717, 1.165) is 43.6 Å². The van der Waals surface area contributed by atoms with Gasteiger partial charge in [0.1, 0.15) is 6.61 Å². The zero-order valence-corrected chi connectivity index (χ0v) is 20.4. The fourth-order valence-electron chi connectivity index (χ4n) is 5.09. The summed E-state index contributed by atoms with van der Waals surface area (Å²) in [7, 11) is 0. The molecule has 2 saturated heterocycles. The van der Waals surface area contributed by atoms with Gasteiger partial charge in [-0.3, -0.25) is 4.79 Å². The van der Waals surface area contributed by atoms with E-state index in [4.69, 9.17) is 10.5 Å². The molecule has 37 heavy (non-hydrogen) atoms. The number of pyridine rings is 1. The molecule has 0 radical (unpaired) electrons. The molecule has 2 N–H and O–H groups in total. The number of halogens is 3. The molecule has 6 nitrogen and oxygen atoms in total. The number of nitrogens with two attached hydrogens (primary N) is 1. The molecule has 1 aromatic heterocycles. The fraction of sp³-hybridized carbons (Fsp3) is 0.357. The minimum Gasteiger partial charge on any atom is -0.485 e. The summed E-state index contributed by atoms with van der Waals surface area (Å²) in [6.07, 6.45) is 6.14. The number of amides is 1. The predicted molar refractivity (Wildman–Crippen MR) is 134 cm³/mol. The van der Waals surface area contributed by atoms with Crippen LogP contribution in [0.3, 0.4) is 0 Å². The van der Waals surface area contributed by atoms with Gasteiger partial charge in [-0.25, -0.2) is 18.2 Å². The summed E-state index contributed by atoms with van der Waals surface area (Å²) in [5.41, 5.74) is 7.86. The number of aromatic nitrogens is 1. The van der Waals surface area contributed by atoms with Crippen LogP contribution in [-0.2, 0) is 6.61 Å². The number of carbonyl (C=O) groups is 1. The Hall–Kier alpha value is -3.59. The number of piperidine rings is 1. The van der Waals surface area contributed by atoms with Gasteiger partial charge in [0.15, 0.2) is 29.0 Å². The Kier molecular flexibility index (Phi) is 7.32. The van der Waals surface area contributed by atoms with Crippen molar-refractivity contribution in [1.29, 1.82) is 0 Å². The summed E-state index contributed by atoms with van der Waals surface area (Å²) in [6.45, 7) is 3.54. The van der Waals surface area contributed by atoms with E-state index in [2.05, 4.69) is 9.88 Å². The van der Waals surface area contributed by atoms with Gasteiger partial charge < -0.3 is 20.3 Å². The predicted octanol–water partition coefficient (Wildman–Crippen LogP) is 5.03. The van der Waals surface area contributed by atoms with E-state index >= 15 is 0 Å². The Balaban J connectivity index is 1.23. The van der Waals surface area contributed by atoms with Crippen molar-refractivity contribution in [3.05, 3.63) is 77.2 Å². The Morgan fingerprint density at radius 2 is 1.65 bits per heavy atom. The quantitative estimate of drug-likeness (QED) is 0.471. The number of likely N-dealkylation sites (tertiary alicyclic amines) is 2. The molecule has 0 unspecified atom stereocenters. The lowest BCUT2D eigenvalue weighted by Gasteiger charge is -2.36. The summed E-state index contributed by atoms with van der Waals surface area (Å²) < 4.78 is 46.2. The monoisotopic (exact) mass is 510 g/mol. The molecule has 9 heteroatoms. The molecule has 3 heterocycles. The number of hydrogen-bond acceptors (Lipinski definition) is 5. The van der Waals surface area contributed by atoms with Gasteiger partial charge in [-0.15, -0.1) is 0 Å². The van der Waals surface area contributed by atoms with E-state index in [-0.39, 0.29) is 29.6 Å². The minimum atomic E-state index is -1.55. The lowest BCUT2D eigenvalue weighted by atomic mass is 10.0. The van der Waals surface area contributed by atoms with Gasteiger partial charge in [-0.05, 0) is 74.7 Å². The highest BCUT2D eigenvalue weighted by atomic mass is 19.2. The first-order valence-corrected chi connectivity index (χ1v) is 12.5. The first-order chi connectivity index (χ1) is 17.9. The lowest BCUT2D eigenvalue weighted by molar-refractivity contribution is 0.0644. The van der Waals surface area contributed by atoms with Gasteiger partial charge >= 0.3 is 0 Å². The second-order valence-electron chi connectivity index (χ2n) is 9.57. The Bertz CT molecular complexity index is 1270. The molecular formula is C28H29F3N4O2. The van der Waals surface area contributed by atoms with Crippen molar-refractivity contribution in [2.24, 2.45) is 0 Å². The standard InChI is InChI=1S/C28H29F3N4O2/c29-23-8-7-20(25(30)26(23)31)17-37-24-15-21(16-33-27(24)32)18-3-5-19(6-4-18)28(36)35-13-9-22(10-14-35)34-11-1-2-12-34/h3-8,15-16,22H,1-2,9-14,17H2,(H2,32,33). The van der Waals surface area contributed by atoms with Crippen LogP contribution in [-0.4, -0.2) is 52.9 Å². The van der Waals surface area contributed by atoms with Crippen molar-refractivity contribution in [1.82, 2.24) is 14.8 Å². The molecule has 3 aromatic rings. The highest BCUT2D eigenvalue weighted by Gasteiger charge is 2.28. The van der Waals surface area contributed by atoms with Gasteiger partial charge in [0, 0.05) is 42.0 Å². The minimum absolute atomic E-state index is 0.0273. The topological polar surface area (TPSA) is 71.7 Å². The maximum Gasteiger partial charge on any atom is 0.253 e. The van der Waals surface area contributed by atoms with Crippen LogP contribution >= 0.6 is 0 Å². The second-order valence-corrected chi connectivity index (χ2v) is 9.57. The number of nitrogens with zero attached hydrogens (tertiary/aromatic N) is 3. The average Bonchev–Trinajstić information content (AvgIpc) is 3.47. The third-order valence-corrected chi connectivity index (χ3v) is 7.25. The van der Waals surface area contributed by atoms with Crippen LogP contribution in [0.25, 0.3) is 11.1 Å². The van der Waals surface area contributed by atoms with Gasteiger partial charge in [-0.2, -0.15) is 0 Å². The summed E-state index contributed by atoms with van der Waals surface area (Å²) in [5, 5.41) is 0. The van der Waals surface area contributed by atoms with Crippen LogP contribution in [0, 0.1) is 17.5 Å². The number of carbonyl (C=O) groups excluding carboxylic acids is 1. The molecule has 2 aliphatic rings. The zero-order chi connectivity index (χ0) is 25.9. The van der Waals surface area contributed by atoms with E-state index in [1.54, 1.807) is 24.4 Å². The smallest absolute Gasteiger partial charge is 0.253 e. The Morgan fingerprint density at radius 1 is 0.946 bits per heavy atom. The van der Waals surface area contributed by atoms with Crippen molar-refractivity contribution in [2.75, 3.05) is 31.9 Å². The maximum absolute atomic E-state index is 14.0. The van der Waals surface area contributed by atoms with Crippen molar-refractivity contribution >= 4 is 11.7 Å². The van der Waals surface area contributed by atoms with E-state index < -0.39 is 17.5 Å². The van der Waals surface area contributed by atoms with Crippen LogP contribution in [0.2, 0.25) is 0 Å². The van der Waals surface area contributed by atoms with E-state index in [9.17, 15) is 18.0 Å². The van der Waals surface area contributed by atoms with Gasteiger partial charge in [0.05, 0.1) is 0 Å².